The van der Waals surface area contributed by atoms with Crippen molar-refractivity contribution in [2.45, 2.75) is 19.1 Å². The fourth-order valence-electron chi connectivity index (χ4n) is 1.81. The summed E-state index contributed by atoms with van der Waals surface area (Å²) in [4.78, 5) is 23.7. The molecule has 3 N–H and O–H groups in total. The van der Waals surface area contributed by atoms with Gasteiger partial charge in [-0.2, -0.15) is 0 Å². The molecule has 2 atom stereocenters. The first-order chi connectivity index (χ1) is 6.54. The number of aliphatic hydroxyl groups excluding tert-OH is 1. The zero-order valence-electron chi connectivity index (χ0n) is 7.56. The smallest absolute Gasteiger partial charge is 0.265 e. The molecule has 2 amide bonds. The Labute approximate surface area is 79.9 Å². The molecule has 0 aromatic carbocycles. The number of hydrogen-bond donors (Lipinski definition) is 2. The molecular formula is C8H10N2O4. The second-order valence-electron chi connectivity index (χ2n) is 3.35. The summed E-state index contributed by atoms with van der Waals surface area (Å²) in [6, 6.07) is -0.551. The maximum absolute atomic E-state index is 11.5. The molecule has 6 nitrogen and oxygen atoms in total. The number of carbonyl (C=O) groups excluding carboxylic acids is 2. The molecule has 2 rings (SSSR count). The lowest BCUT2D eigenvalue weighted by molar-refractivity contribution is -0.129. The van der Waals surface area contributed by atoms with E-state index in [4.69, 9.17) is 10.5 Å². The molecule has 0 aliphatic carbocycles. The lowest BCUT2D eigenvalue weighted by atomic mass is 10.1. The van der Waals surface area contributed by atoms with Crippen LogP contribution in [-0.4, -0.2) is 40.7 Å². The van der Waals surface area contributed by atoms with E-state index in [1.807, 2.05) is 0 Å². The Morgan fingerprint density at radius 3 is 2.86 bits per heavy atom. The van der Waals surface area contributed by atoms with Crippen molar-refractivity contribution in [3.05, 3.63) is 11.3 Å². The highest BCUT2D eigenvalue weighted by molar-refractivity contribution is 6.20. The van der Waals surface area contributed by atoms with Crippen molar-refractivity contribution in [3.8, 4) is 0 Å². The molecule has 76 valence electrons. The predicted octanol–water partition coefficient (Wildman–Crippen LogP) is -1.13. The summed E-state index contributed by atoms with van der Waals surface area (Å²) in [5, 5.41) is 9.61. The van der Waals surface area contributed by atoms with Crippen LogP contribution in [0.5, 0.6) is 0 Å². The number of rotatable bonds is 1. The first-order valence-corrected chi connectivity index (χ1v) is 4.19. The first-order valence-electron chi connectivity index (χ1n) is 4.19. The van der Waals surface area contributed by atoms with Gasteiger partial charge in [0.2, 0.25) is 0 Å². The van der Waals surface area contributed by atoms with Crippen molar-refractivity contribution in [2.75, 3.05) is 6.73 Å². The minimum atomic E-state index is -0.894. The first kappa shape index (κ1) is 9.01. The Bertz CT molecular complexity index is 349. The van der Waals surface area contributed by atoms with Gasteiger partial charge in [-0.3, -0.25) is 9.59 Å². The van der Waals surface area contributed by atoms with Crippen LogP contribution in [0.4, 0.5) is 0 Å². The van der Waals surface area contributed by atoms with Gasteiger partial charge in [0, 0.05) is 0 Å². The van der Waals surface area contributed by atoms with Crippen LogP contribution >= 0.6 is 0 Å². The Morgan fingerprint density at radius 2 is 2.36 bits per heavy atom. The van der Waals surface area contributed by atoms with Gasteiger partial charge in [0.15, 0.2) is 0 Å². The number of aliphatic hydroxyl groups is 1. The van der Waals surface area contributed by atoms with Crippen LogP contribution in [-0.2, 0) is 14.3 Å². The van der Waals surface area contributed by atoms with Crippen molar-refractivity contribution in [3.63, 3.8) is 0 Å². The largest absolute Gasteiger partial charge is 0.509 e. The maximum Gasteiger partial charge on any atom is 0.265 e. The van der Waals surface area contributed by atoms with E-state index >= 15 is 0 Å². The average molecular weight is 198 g/mol. The van der Waals surface area contributed by atoms with Gasteiger partial charge in [-0.15, -0.1) is 0 Å². The van der Waals surface area contributed by atoms with Crippen molar-refractivity contribution in [1.82, 2.24) is 4.90 Å². The zero-order chi connectivity index (χ0) is 10.5. The van der Waals surface area contributed by atoms with Gasteiger partial charge in [-0.05, 0) is 6.92 Å². The minimum absolute atomic E-state index is 0.0888. The molecule has 2 aliphatic rings. The van der Waals surface area contributed by atoms with Crippen LogP contribution < -0.4 is 5.73 Å². The quantitative estimate of drug-likeness (QED) is 0.521. The number of ether oxygens (including phenoxy) is 1. The maximum atomic E-state index is 11.5. The molecule has 2 heterocycles. The summed E-state index contributed by atoms with van der Waals surface area (Å²) in [7, 11) is 0. The molecule has 0 saturated carbocycles. The van der Waals surface area contributed by atoms with E-state index in [1.54, 1.807) is 6.92 Å². The third kappa shape index (κ3) is 0.941. The standard InChI is InChI=1S/C8H10N2O4/c1-3-5-6(11)4(7(9)12)8(13)10(5)2-14-3/h3,5,11H,2H2,1H3,(H2,9,12). The SMILES string of the molecule is CC1OCN2C(=O)C(C(N)=O)=C(O)C12. The third-order valence-corrected chi connectivity index (χ3v) is 2.51. The Balaban J connectivity index is 2.43. The van der Waals surface area contributed by atoms with Gasteiger partial charge in [0.05, 0.1) is 6.10 Å². The van der Waals surface area contributed by atoms with Crippen LogP contribution in [0.2, 0.25) is 0 Å². The van der Waals surface area contributed by atoms with Gasteiger partial charge < -0.3 is 20.5 Å². The summed E-state index contributed by atoms with van der Waals surface area (Å²) >= 11 is 0. The molecule has 2 unspecified atom stereocenters. The predicted molar refractivity (Wildman–Crippen MR) is 44.9 cm³/mol. The molecular weight excluding hydrogens is 188 g/mol. The highest BCUT2D eigenvalue weighted by Crippen LogP contribution is 2.31. The number of carbonyl (C=O) groups is 2. The lowest BCUT2D eigenvalue weighted by Crippen LogP contribution is -2.34. The monoisotopic (exact) mass is 198 g/mol. The molecule has 6 heteroatoms. The third-order valence-electron chi connectivity index (χ3n) is 2.51. The second-order valence-corrected chi connectivity index (χ2v) is 3.35. The van der Waals surface area contributed by atoms with Gasteiger partial charge in [-0.25, -0.2) is 0 Å². The highest BCUT2D eigenvalue weighted by atomic mass is 16.5. The molecule has 0 aromatic rings. The summed E-state index contributed by atoms with van der Waals surface area (Å²) in [6.07, 6.45) is -0.309. The summed E-state index contributed by atoms with van der Waals surface area (Å²) in [6.45, 7) is 1.81. The van der Waals surface area contributed by atoms with E-state index in [1.165, 1.54) is 4.90 Å². The normalized spacial score (nSPS) is 31.2. The van der Waals surface area contributed by atoms with Gasteiger partial charge in [-0.1, -0.05) is 0 Å². The van der Waals surface area contributed by atoms with Gasteiger partial charge in [0.25, 0.3) is 11.8 Å². The van der Waals surface area contributed by atoms with E-state index < -0.39 is 17.9 Å². The van der Waals surface area contributed by atoms with E-state index in [2.05, 4.69) is 0 Å². The molecule has 1 saturated heterocycles. The van der Waals surface area contributed by atoms with Crippen LogP contribution in [0.25, 0.3) is 0 Å². The van der Waals surface area contributed by atoms with Crippen LogP contribution in [0, 0.1) is 0 Å². The number of primary amides is 1. The molecule has 0 radical (unpaired) electrons. The number of nitrogens with zero attached hydrogens (tertiary/aromatic N) is 1. The fourth-order valence-corrected chi connectivity index (χ4v) is 1.81. The number of amides is 2. The lowest BCUT2D eigenvalue weighted by Gasteiger charge is -2.14. The molecule has 2 aliphatic heterocycles. The fraction of sp³-hybridized carbons (Fsp3) is 0.500. The van der Waals surface area contributed by atoms with Crippen molar-refractivity contribution in [2.24, 2.45) is 5.73 Å². The molecule has 0 spiro atoms. The van der Waals surface area contributed by atoms with Crippen molar-refractivity contribution >= 4 is 11.8 Å². The summed E-state index contributed by atoms with van der Waals surface area (Å²) < 4.78 is 5.15. The molecule has 0 aromatic heterocycles. The topological polar surface area (TPSA) is 92.9 Å². The number of hydrogen-bond acceptors (Lipinski definition) is 4. The molecule has 14 heavy (non-hydrogen) atoms. The molecule has 1 fully saturated rings. The second kappa shape index (κ2) is 2.71. The zero-order valence-corrected chi connectivity index (χ0v) is 7.56. The van der Waals surface area contributed by atoms with Gasteiger partial charge >= 0.3 is 0 Å². The Morgan fingerprint density at radius 1 is 1.71 bits per heavy atom. The summed E-state index contributed by atoms with van der Waals surface area (Å²) in [5.74, 6) is -1.72. The van der Waals surface area contributed by atoms with E-state index in [0.29, 0.717) is 0 Å². The highest BCUT2D eigenvalue weighted by Gasteiger charge is 2.48. The van der Waals surface area contributed by atoms with Crippen molar-refractivity contribution in [1.29, 1.82) is 0 Å². The van der Waals surface area contributed by atoms with Crippen LogP contribution in [0.1, 0.15) is 6.92 Å². The van der Waals surface area contributed by atoms with Crippen LogP contribution in [0.15, 0.2) is 11.3 Å². The number of fused-ring (bicyclic) bond motifs is 1. The minimum Gasteiger partial charge on any atom is -0.509 e. The Hall–Kier alpha value is -1.56. The summed E-state index contributed by atoms with van der Waals surface area (Å²) in [5.41, 5.74) is 4.67. The average Bonchev–Trinajstić information content (AvgIpc) is 2.55. The van der Waals surface area contributed by atoms with E-state index in [0.717, 1.165) is 0 Å². The number of nitrogens with two attached hydrogens (primary N) is 1. The van der Waals surface area contributed by atoms with Gasteiger partial charge in [0.1, 0.15) is 24.1 Å². The molecule has 0 bridgehead atoms. The van der Waals surface area contributed by atoms with Crippen molar-refractivity contribution < 1.29 is 19.4 Å². The van der Waals surface area contributed by atoms with E-state index in [9.17, 15) is 14.7 Å². The van der Waals surface area contributed by atoms with Crippen LogP contribution in [0.3, 0.4) is 0 Å². The Kier molecular flexibility index (Phi) is 1.75. The van der Waals surface area contributed by atoms with E-state index in [-0.39, 0.29) is 24.2 Å².